The van der Waals surface area contributed by atoms with Gasteiger partial charge in [-0.05, 0) is 38.2 Å². The Bertz CT molecular complexity index is 574. The van der Waals surface area contributed by atoms with Crippen LogP contribution in [0, 0.1) is 5.92 Å². The lowest BCUT2D eigenvalue weighted by molar-refractivity contribution is 0.220. The molecule has 1 aliphatic heterocycles. The van der Waals surface area contributed by atoms with E-state index in [1.807, 2.05) is 6.92 Å². The topological polar surface area (TPSA) is 62.3 Å². The average molecular weight is 311 g/mol. The second-order valence-corrected chi connectivity index (χ2v) is 7.79. The Morgan fingerprint density at radius 3 is 2.86 bits per heavy atom. The molecule has 6 heteroatoms. The summed E-state index contributed by atoms with van der Waals surface area (Å²) in [6.45, 7) is 7.62. The van der Waals surface area contributed by atoms with Gasteiger partial charge in [0.25, 0.3) is 0 Å². The Balaban J connectivity index is 2.23. The van der Waals surface area contributed by atoms with Gasteiger partial charge < -0.3 is 5.32 Å². The van der Waals surface area contributed by atoms with E-state index in [1.54, 1.807) is 22.6 Å². The summed E-state index contributed by atoms with van der Waals surface area (Å²) >= 11 is 0. The predicted octanol–water partition coefficient (Wildman–Crippen LogP) is 2.71. The van der Waals surface area contributed by atoms with Crippen LogP contribution < -0.4 is 5.32 Å². The summed E-state index contributed by atoms with van der Waals surface area (Å²) in [7, 11) is -3.43. The number of pyridine rings is 1. The summed E-state index contributed by atoms with van der Waals surface area (Å²) in [4.78, 5) is 4.50. The Morgan fingerprint density at radius 1 is 1.43 bits per heavy atom. The van der Waals surface area contributed by atoms with Crippen LogP contribution >= 0.6 is 0 Å². The molecule has 21 heavy (non-hydrogen) atoms. The number of sulfonamides is 1. The van der Waals surface area contributed by atoms with E-state index in [9.17, 15) is 8.42 Å². The lowest BCUT2D eigenvalue weighted by Gasteiger charge is -2.35. The Morgan fingerprint density at radius 2 is 2.19 bits per heavy atom. The quantitative estimate of drug-likeness (QED) is 0.908. The number of anilines is 1. The van der Waals surface area contributed by atoms with Gasteiger partial charge in [-0.2, -0.15) is 4.31 Å². The third-order valence-electron chi connectivity index (χ3n) is 3.97. The first-order valence-electron chi connectivity index (χ1n) is 7.67. The second kappa shape index (κ2) is 6.75. The zero-order valence-corrected chi connectivity index (χ0v) is 13.9. The van der Waals surface area contributed by atoms with E-state index in [0.29, 0.717) is 23.2 Å². The van der Waals surface area contributed by atoms with Crippen LogP contribution in [0.15, 0.2) is 23.2 Å². The molecule has 0 bridgehead atoms. The first-order valence-corrected chi connectivity index (χ1v) is 9.11. The predicted molar refractivity (Wildman–Crippen MR) is 84.8 cm³/mol. The van der Waals surface area contributed by atoms with Crippen molar-refractivity contribution in [1.82, 2.24) is 9.29 Å². The molecule has 1 fully saturated rings. The van der Waals surface area contributed by atoms with Gasteiger partial charge >= 0.3 is 0 Å². The number of nitrogens with one attached hydrogen (secondary N) is 1. The van der Waals surface area contributed by atoms with E-state index in [2.05, 4.69) is 24.1 Å². The first kappa shape index (κ1) is 16.2. The Labute approximate surface area is 127 Å². The van der Waals surface area contributed by atoms with Gasteiger partial charge in [-0.25, -0.2) is 13.4 Å². The van der Waals surface area contributed by atoms with Crippen molar-refractivity contribution >= 4 is 15.8 Å². The van der Waals surface area contributed by atoms with Crippen LogP contribution in [0.4, 0.5) is 5.82 Å². The highest BCUT2D eigenvalue weighted by molar-refractivity contribution is 7.89. The molecule has 1 saturated heterocycles. The van der Waals surface area contributed by atoms with Crippen LogP contribution in [0.5, 0.6) is 0 Å². The van der Waals surface area contributed by atoms with Crippen molar-refractivity contribution in [3.05, 3.63) is 18.3 Å². The van der Waals surface area contributed by atoms with Gasteiger partial charge in [-0.15, -0.1) is 0 Å². The lowest BCUT2D eigenvalue weighted by atomic mass is 9.95. The Kier molecular flexibility index (Phi) is 5.22. The lowest BCUT2D eigenvalue weighted by Crippen LogP contribution is -2.44. The minimum atomic E-state index is -3.43. The minimum Gasteiger partial charge on any atom is -0.370 e. The molecule has 1 N–H and O–H groups in total. The smallest absolute Gasteiger partial charge is 0.243 e. The number of rotatable bonds is 5. The minimum absolute atomic E-state index is 0.0546. The molecule has 2 heterocycles. The fourth-order valence-electron chi connectivity index (χ4n) is 2.80. The fourth-order valence-corrected chi connectivity index (χ4v) is 4.47. The number of hydrogen-bond acceptors (Lipinski definition) is 4. The first-order chi connectivity index (χ1) is 9.95. The van der Waals surface area contributed by atoms with Gasteiger partial charge in [0, 0.05) is 31.4 Å². The highest BCUT2D eigenvalue weighted by atomic mass is 32.2. The average Bonchev–Trinajstić information content (AvgIpc) is 2.45. The number of nitrogens with zero attached hydrogens (tertiary/aromatic N) is 2. The van der Waals surface area contributed by atoms with Crippen LogP contribution in [-0.4, -0.2) is 36.8 Å². The molecule has 1 aliphatic rings. The molecule has 1 aromatic heterocycles. The third-order valence-corrected chi connectivity index (χ3v) is 5.98. The fraction of sp³-hybridized carbons (Fsp3) is 0.667. The molecule has 0 amide bonds. The molecule has 1 aromatic rings. The number of piperidine rings is 1. The van der Waals surface area contributed by atoms with E-state index >= 15 is 0 Å². The molecule has 2 unspecified atom stereocenters. The van der Waals surface area contributed by atoms with Crippen molar-refractivity contribution in [3.8, 4) is 0 Å². The molecule has 5 nitrogen and oxygen atoms in total. The molecule has 0 aromatic carbocycles. The third kappa shape index (κ3) is 3.74. The van der Waals surface area contributed by atoms with Crippen molar-refractivity contribution in [3.63, 3.8) is 0 Å². The molecular weight excluding hydrogens is 286 g/mol. The van der Waals surface area contributed by atoms with Crippen molar-refractivity contribution in [2.24, 2.45) is 5.92 Å². The number of aromatic nitrogens is 1. The van der Waals surface area contributed by atoms with Crippen LogP contribution in [0.3, 0.4) is 0 Å². The summed E-state index contributed by atoms with van der Waals surface area (Å²) in [5.74, 6) is 1.21. The van der Waals surface area contributed by atoms with Gasteiger partial charge in [0.1, 0.15) is 5.82 Å². The van der Waals surface area contributed by atoms with Crippen LogP contribution in [0.25, 0.3) is 0 Å². The van der Waals surface area contributed by atoms with Gasteiger partial charge in [-0.1, -0.05) is 13.8 Å². The van der Waals surface area contributed by atoms with Gasteiger partial charge in [-0.3, -0.25) is 0 Å². The monoisotopic (exact) mass is 311 g/mol. The van der Waals surface area contributed by atoms with E-state index in [0.717, 1.165) is 25.8 Å². The maximum absolute atomic E-state index is 12.8. The maximum Gasteiger partial charge on any atom is 0.243 e. The second-order valence-electron chi connectivity index (χ2n) is 5.90. The summed E-state index contributed by atoms with van der Waals surface area (Å²) in [6, 6.07) is 3.27. The highest BCUT2D eigenvalue weighted by Gasteiger charge is 2.33. The SMILES string of the molecule is CCCNc1cc(S(=O)(=O)N2CCC(C)CC2C)ccn1. The molecular formula is C15H25N3O2S. The van der Waals surface area contributed by atoms with Crippen molar-refractivity contribution < 1.29 is 8.42 Å². The van der Waals surface area contributed by atoms with E-state index in [-0.39, 0.29) is 6.04 Å². The summed E-state index contributed by atoms with van der Waals surface area (Å²) < 4.78 is 27.2. The summed E-state index contributed by atoms with van der Waals surface area (Å²) in [5, 5.41) is 3.13. The van der Waals surface area contributed by atoms with Gasteiger partial charge in [0.15, 0.2) is 0 Å². The van der Waals surface area contributed by atoms with Gasteiger partial charge in [0.2, 0.25) is 10.0 Å². The molecule has 2 rings (SSSR count). The van der Waals surface area contributed by atoms with Crippen molar-refractivity contribution in [1.29, 1.82) is 0 Å². The van der Waals surface area contributed by atoms with E-state index < -0.39 is 10.0 Å². The summed E-state index contributed by atoms with van der Waals surface area (Å²) in [5.41, 5.74) is 0. The van der Waals surface area contributed by atoms with E-state index in [1.165, 1.54) is 0 Å². The highest BCUT2D eigenvalue weighted by Crippen LogP contribution is 2.28. The van der Waals surface area contributed by atoms with Crippen molar-refractivity contribution in [2.75, 3.05) is 18.4 Å². The molecule has 0 aliphatic carbocycles. The van der Waals surface area contributed by atoms with Crippen molar-refractivity contribution in [2.45, 2.75) is 51.0 Å². The molecule has 118 valence electrons. The van der Waals surface area contributed by atoms with Crippen LogP contribution in [0.2, 0.25) is 0 Å². The van der Waals surface area contributed by atoms with Gasteiger partial charge in [0.05, 0.1) is 4.90 Å². The van der Waals surface area contributed by atoms with Crippen LogP contribution in [-0.2, 0) is 10.0 Å². The molecule has 2 atom stereocenters. The van der Waals surface area contributed by atoms with Crippen LogP contribution in [0.1, 0.15) is 40.0 Å². The maximum atomic E-state index is 12.8. The standard InChI is InChI=1S/C15H25N3O2S/c1-4-7-16-15-11-14(5-8-17-15)21(19,20)18-9-6-12(2)10-13(18)3/h5,8,11-13H,4,6-7,9-10H2,1-3H3,(H,16,17). The summed E-state index contributed by atoms with van der Waals surface area (Å²) in [6.07, 6.45) is 4.38. The largest absolute Gasteiger partial charge is 0.370 e. The zero-order valence-electron chi connectivity index (χ0n) is 13.0. The zero-order chi connectivity index (χ0) is 15.5. The number of hydrogen-bond donors (Lipinski definition) is 1. The molecule has 0 saturated carbocycles. The normalized spacial score (nSPS) is 24.0. The molecule has 0 spiro atoms. The molecule has 0 radical (unpaired) electrons. The Hall–Kier alpha value is -1.14. The van der Waals surface area contributed by atoms with E-state index in [4.69, 9.17) is 0 Å².